The highest BCUT2D eigenvalue weighted by atomic mass is 16.5. The van der Waals surface area contributed by atoms with Crippen LogP contribution >= 0.6 is 0 Å². The smallest absolute Gasteiger partial charge is 0.250 e. The monoisotopic (exact) mass is 320 g/mol. The lowest BCUT2D eigenvalue weighted by Gasteiger charge is -2.15. The Balaban J connectivity index is 1.63. The van der Waals surface area contributed by atoms with Gasteiger partial charge in [-0.2, -0.15) is 0 Å². The highest BCUT2D eigenvalue weighted by Gasteiger charge is 2.15. The summed E-state index contributed by atoms with van der Waals surface area (Å²) in [6.07, 6.45) is 4.52. The summed E-state index contributed by atoms with van der Waals surface area (Å²) < 4.78 is 7.41. The van der Waals surface area contributed by atoms with E-state index in [9.17, 15) is 4.79 Å². The molecule has 1 atom stereocenters. The lowest BCUT2D eigenvalue weighted by atomic mass is 10.2. The Morgan fingerprint density at radius 2 is 2.26 bits per heavy atom. The van der Waals surface area contributed by atoms with Gasteiger partial charge < -0.3 is 19.9 Å². The third kappa shape index (κ3) is 5.71. The fraction of sp³-hybridized carbons (Fsp3) is 0.647. The number of nitrogens with one attached hydrogen (secondary N) is 2. The van der Waals surface area contributed by atoms with Crippen LogP contribution in [0.5, 0.6) is 0 Å². The van der Waals surface area contributed by atoms with E-state index in [1.807, 2.05) is 17.6 Å². The molecule has 0 aliphatic carbocycles. The molecule has 1 saturated heterocycles. The molecule has 0 spiro atoms. The Hall–Kier alpha value is -1.82. The van der Waals surface area contributed by atoms with Crippen LogP contribution in [-0.4, -0.2) is 43.4 Å². The fourth-order valence-corrected chi connectivity index (χ4v) is 2.75. The number of aryl methyl sites for hydroxylation is 1. The predicted molar refractivity (Wildman–Crippen MR) is 93.0 cm³/mol. The number of rotatable bonds is 7. The molecule has 1 fully saturated rings. The second-order valence-electron chi connectivity index (χ2n) is 5.88. The third-order valence-corrected chi connectivity index (χ3v) is 4.11. The second-order valence-corrected chi connectivity index (χ2v) is 5.88. The van der Waals surface area contributed by atoms with E-state index in [2.05, 4.69) is 15.6 Å². The summed E-state index contributed by atoms with van der Waals surface area (Å²) in [5.74, 6) is 0.813. The number of guanidine groups is 1. The molecule has 0 bridgehead atoms. The van der Waals surface area contributed by atoms with Crippen molar-refractivity contribution >= 4 is 5.96 Å². The van der Waals surface area contributed by atoms with E-state index in [0.717, 1.165) is 63.6 Å². The van der Waals surface area contributed by atoms with Gasteiger partial charge in [0.15, 0.2) is 5.96 Å². The fourth-order valence-electron chi connectivity index (χ4n) is 2.75. The Morgan fingerprint density at radius 3 is 2.96 bits per heavy atom. The highest BCUT2D eigenvalue weighted by Crippen LogP contribution is 2.10. The van der Waals surface area contributed by atoms with E-state index >= 15 is 0 Å². The second kappa shape index (κ2) is 9.35. The standard InChI is InChI=1S/C17H28N4O2/c1-14-7-5-9-16(22)21(14)11-4-3-10-19-17(18-2)20-13-15-8-6-12-23-15/h5,7,9,15H,3-4,6,8,10-13H2,1-2H3,(H2,18,19,20). The third-order valence-electron chi connectivity index (χ3n) is 4.11. The van der Waals surface area contributed by atoms with Gasteiger partial charge in [-0.1, -0.05) is 6.07 Å². The molecule has 0 saturated carbocycles. The van der Waals surface area contributed by atoms with Gasteiger partial charge in [0.1, 0.15) is 0 Å². The van der Waals surface area contributed by atoms with Gasteiger partial charge in [0, 0.05) is 45.0 Å². The summed E-state index contributed by atoms with van der Waals surface area (Å²) in [7, 11) is 1.78. The van der Waals surface area contributed by atoms with Gasteiger partial charge in [-0.15, -0.1) is 0 Å². The zero-order valence-corrected chi connectivity index (χ0v) is 14.2. The van der Waals surface area contributed by atoms with E-state index in [4.69, 9.17) is 4.74 Å². The molecule has 128 valence electrons. The van der Waals surface area contributed by atoms with E-state index in [-0.39, 0.29) is 5.56 Å². The molecule has 0 amide bonds. The number of aliphatic imine (C=N–C) groups is 1. The van der Waals surface area contributed by atoms with Crippen LogP contribution in [0.3, 0.4) is 0 Å². The summed E-state index contributed by atoms with van der Waals surface area (Å²) in [6, 6.07) is 5.39. The van der Waals surface area contributed by atoms with Crippen LogP contribution < -0.4 is 16.2 Å². The molecular formula is C17H28N4O2. The van der Waals surface area contributed by atoms with E-state index in [1.54, 1.807) is 19.2 Å². The van der Waals surface area contributed by atoms with Crippen LogP contribution in [0.4, 0.5) is 0 Å². The minimum Gasteiger partial charge on any atom is -0.376 e. The van der Waals surface area contributed by atoms with Gasteiger partial charge in [-0.3, -0.25) is 9.79 Å². The quantitative estimate of drug-likeness (QED) is 0.451. The molecule has 1 aromatic rings. The molecule has 1 aliphatic heterocycles. The Kier molecular flexibility index (Phi) is 7.13. The first-order valence-corrected chi connectivity index (χ1v) is 8.43. The topological polar surface area (TPSA) is 67.7 Å². The number of ether oxygens (including phenoxy) is 1. The zero-order valence-electron chi connectivity index (χ0n) is 14.2. The van der Waals surface area contributed by atoms with Crippen molar-refractivity contribution < 1.29 is 4.74 Å². The lowest BCUT2D eigenvalue weighted by molar-refractivity contribution is 0.114. The first-order valence-electron chi connectivity index (χ1n) is 8.43. The van der Waals surface area contributed by atoms with Crippen LogP contribution in [0.25, 0.3) is 0 Å². The van der Waals surface area contributed by atoms with Crippen LogP contribution in [0.15, 0.2) is 28.0 Å². The summed E-state index contributed by atoms with van der Waals surface area (Å²) in [6.45, 7) is 5.24. The number of aromatic nitrogens is 1. The van der Waals surface area contributed by atoms with Crippen LogP contribution in [-0.2, 0) is 11.3 Å². The van der Waals surface area contributed by atoms with Gasteiger partial charge in [-0.05, 0) is 38.7 Å². The zero-order chi connectivity index (χ0) is 16.5. The Bertz CT molecular complexity index is 562. The van der Waals surface area contributed by atoms with Crippen LogP contribution in [0.1, 0.15) is 31.4 Å². The van der Waals surface area contributed by atoms with Gasteiger partial charge >= 0.3 is 0 Å². The van der Waals surface area contributed by atoms with Crippen molar-refractivity contribution in [3.8, 4) is 0 Å². The predicted octanol–water partition coefficient (Wildman–Crippen LogP) is 1.28. The molecule has 23 heavy (non-hydrogen) atoms. The van der Waals surface area contributed by atoms with E-state index < -0.39 is 0 Å². The van der Waals surface area contributed by atoms with Crippen LogP contribution in [0.2, 0.25) is 0 Å². The van der Waals surface area contributed by atoms with Crippen molar-refractivity contribution in [2.24, 2.45) is 4.99 Å². The normalized spacial score (nSPS) is 18.2. The SMILES string of the molecule is CN=C(NCCCCn1c(C)cccc1=O)NCC1CCCO1. The molecule has 6 heteroatoms. The minimum absolute atomic E-state index is 0.0759. The molecule has 1 aromatic heterocycles. The summed E-state index contributed by atoms with van der Waals surface area (Å²) in [4.78, 5) is 16.0. The van der Waals surface area contributed by atoms with Crippen molar-refractivity contribution in [3.05, 3.63) is 34.2 Å². The Morgan fingerprint density at radius 1 is 1.39 bits per heavy atom. The van der Waals surface area contributed by atoms with Crippen molar-refractivity contribution in [2.75, 3.05) is 26.7 Å². The summed E-state index contributed by atoms with van der Waals surface area (Å²) >= 11 is 0. The lowest BCUT2D eigenvalue weighted by Crippen LogP contribution is -2.41. The largest absolute Gasteiger partial charge is 0.376 e. The van der Waals surface area contributed by atoms with Crippen molar-refractivity contribution in [2.45, 2.75) is 45.3 Å². The number of hydrogen-bond donors (Lipinski definition) is 2. The number of unbranched alkanes of at least 4 members (excludes halogenated alkanes) is 1. The molecule has 6 nitrogen and oxygen atoms in total. The summed E-state index contributed by atoms with van der Waals surface area (Å²) in [5.41, 5.74) is 1.09. The number of pyridine rings is 1. The molecule has 1 aliphatic rings. The molecule has 2 rings (SSSR count). The molecule has 1 unspecified atom stereocenters. The Labute approximate surface area is 138 Å². The maximum atomic E-state index is 11.8. The van der Waals surface area contributed by atoms with Crippen molar-refractivity contribution in [1.82, 2.24) is 15.2 Å². The average molecular weight is 320 g/mol. The molecule has 0 aromatic carbocycles. The molecular weight excluding hydrogens is 292 g/mol. The molecule has 0 radical (unpaired) electrons. The summed E-state index contributed by atoms with van der Waals surface area (Å²) in [5, 5.41) is 6.60. The van der Waals surface area contributed by atoms with Crippen LogP contribution in [0, 0.1) is 6.92 Å². The van der Waals surface area contributed by atoms with Gasteiger partial charge in [-0.25, -0.2) is 0 Å². The average Bonchev–Trinajstić information content (AvgIpc) is 3.06. The molecule has 2 heterocycles. The first-order chi connectivity index (χ1) is 11.2. The maximum absolute atomic E-state index is 11.8. The van der Waals surface area contributed by atoms with Gasteiger partial charge in [0.25, 0.3) is 5.56 Å². The van der Waals surface area contributed by atoms with E-state index in [0.29, 0.717) is 6.10 Å². The molecule has 2 N–H and O–H groups in total. The minimum atomic E-state index is 0.0759. The van der Waals surface area contributed by atoms with Gasteiger partial charge in [0.2, 0.25) is 0 Å². The number of hydrogen-bond acceptors (Lipinski definition) is 3. The van der Waals surface area contributed by atoms with Crippen molar-refractivity contribution in [1.29, 1.82) is 0 Å². The maximum Gasteiger partial charge on any atom is 0.250 e. The first kappa shape index (κ1) is 17.5. The highest BCUT2D eigenvalue weighted by molar-refractivity contribution is 5.79. The van der Waals surface area contributed by atoms with E-state index in [1.165, 1.54) is 0 Å². The number of nitrogens with zero attached hydrogens (tertiary/aromatic N) is 2. The van der Waals surface area contributed by atoms with Gasteiger partial charge in [0.05, 0.1) is 6.10 Å². The van der Waals surface area contributed by atoms with Crippen molar-refractivity contribution in [3.63, 3.8) is 0 Å².